The summed E-state index contributed by atoms with van der Waals surface area (Å²) < 4.78 is 0. The minimum atomic E-state index is -0.730. The Kier molecular flexibility index (Phi) is 6.33. The van der Waals surface area contributed by atoms with Gasteiger partial charge in [0.2, 0.25) is 0 Å². The fraction of sp³-hybridized carbons (Fsp3) is 0.400. The van der Waals surface area contributed by atoms with Gasteiger partial charge in [0.15, 0.2) is 0 Å². The third-order valence-electron chi connectivity index (χ3n) is 2.63. The van der Waals surface area contributed by atoms with E-state index in [1.165, 1.54) is 6.07 Å². The Hall–Kier alpha value is -1.58. The molecule has 1 rings (SSSR count). The molecule has 0 radical (unpaired) electrons. The monoisotopic (exact) mass is 264 g/mol. The number of aliphatic hydroxyl groups is 3. The van der Waals surface area contributed by atoms with Crippen LogP contribution in [0.2, 0.25) is 0 Å². The molecule has 19 heavy (non-hydrogen) atoms. The van der Waals surface area contributed by atoms with Crippen molar-refractivity contribution in [2.24, 2.45) is 0 Å². The first kappa shape index (κ1) is 15.5. The van der Waals surface area contributed by atoms with Crippen LogP contribution >= 0.6 is 0 Å². The Bertz CT molecular complexity index is 459. The molecule has 0 saturated heterocycles. The molecule has 0 aliphatic rings. The molecule has 4 N–H and O–H groups in total. The van der Waals surface area contributed by atoms with Crippen molar-refractivity contribution in [1.82, 2.24) is 0 Å². The van der Waals surface area contributed by atoms with Gasteiger partial charge in [0.25, 0.3) is 0 Å². The molecule has 1 aromatic carbocycles. The molecule has 0 saturated carbocycles. The largest absolute Gasteiger partial charge is 0.508 e. The Morgan fingerprint density at radius 2 is 2.11 bits per heavy atom. The van der Waals surface area contributed by atoms with E-state index in [1.807, 2.05) is 0 Å². The molecular weight excluding hydrogens is 244 g/mol. The van der Waals surface area contributed by atoms with Gasteiger partial charge in [0.05, 0.1) is 18.8 Å². The molecule has 0 aliphatic heterocycles. The number of rotatable bonds is 6. The Morgan fingerprint density at radius 1 is 1.37 bits per heavy atom. The van der Waals surface area contributed by atoms with Gasteiger partial charge in [-0.2, -0.15) is 0 Å². The van der Waals surface area contributed by atoms with E-state index in [9.17, 15) is 15.3 Å². The van der Waals surface area contributed by atoms with E-state index in [0.29, 0.717) is 24.0 Å². The number of benzene rings is 1. The normalized spacial score (nSPS) is 13.5. The molecule has 104 valence electrons. The van der Waals surface area contributed by atoms with Crippen LogP contribution in [0.15, 0.2) is 41.6 Å². The lowest BCUT2D eigenvalue weighted by Crippen LogP contribution is -2.03. The molecule has 1 aromatic rings. The lowest BCUT2D eigenvalue weighted by molar-refractivity contribution is 0.181. The molecule has 4 heteroatoms. The van der Waals surface area contributed by atoms with Gasteiger partial charge < -0.3 is 20.4 Å². The lowest BCUT2D eigenvalue weighted by atomic mass is 10.1. The van der Waals surface area contributed by atoms with Crippen LogP contribution in [0.4, 0.5) is 0 Å². The Labute approximate surface area is 113 Å². The first-order valence-corrected chi connectivity index (χ1v) is 6.21. The minimum Gasteiger partial charge on any atom is -0.508 e. The van der Waals surface area contributed by atoms with Crippen LogP contribution in [0.3, 0.4) is 0 Å². The highest BCUT2D eigenvalue weighted by atomic mass is 16.3. The second-order valence-electron chi connectivity index (χ2n) is 4.51. The summed E-state index contributed by atoms with van der Waals surface area (Å²) >= 11 is 0. The number of aliphatic hydroxyl groups excluding tert-OH is 3. The molecule has 0 aromatic heterocycles. The predicted octanol–water partition coefficient (Wildman–Crippen LogP) is 1.66. The van der Waals surface area contributed by atoms with Gasteiger partial charge in [0, 0.05) is 12.8 Å². The fourth-order valence-corrected chi connectivity index (χ4v) is 1.71. The summed E-state index contributed by atoms with van der Waals surface area (Å²) in [5.41, 5.74) is 4.09. The van der Waals surface area contributed by atoms with Crippen molar-refractivity contribution >= 4 is 0 Å². The number of hydrogen-bond donors (Lipinski definition) is 4. The average molecular weight is 264 g/mol. The maximum atomic E-state index is 9.91. The number of aromatic hydroxyl groups is 1. The van der Waals surface area contributed by atoms with Crippen LogP contribution < -0.4 is 0 Å². The van der Waals surface area contributed by atoms with E-state index >= 15 is 0 Å². The molecule has 0 fully saturated rings. The standard InChI is InChI=1S/C15H20O4/c1-11(17)8-12(10-16)4-2-7-15(19)13-5-3-6-14(18)9-13/h2-3,5-6,9,11,15-19H,7-8,10H2,1H3/t4?,11-,15+/m0/s1. The molecule has 0 amide bonds. The summed E-state index contributed by atoms with van der Waals surface area (Å²) in [5.74, 6) is 0.112. The van der Waals surface area contributed by atoms with E-state index in [1.54, 1.807) is 31.2 Å². The van der Waals surface area contributed by atoms with Crippen molar-refractivity contribution in [3.05, 3.63) is 47.2 Å². The molecule has 0 bridgehead atoms. The van der Waals surface area contributed by atoms with Gasteiger partial charge in [-0.3, -0.25) is 0 Å². The van der Waals surface area contributed by atoms with Crippen LogP contribution in [0, 0.1) is 0 Å². The van der Waals surface area contributed by atoms with Crippen molar-refractivity contribution in [2.75, 3.05) is 6.61 Å². The summed E-state index contributed by atoms with van der Waals surface area (Å²) in [7, 11) is 0. The topological polar surface area (TPSA) is 80.9 Å². The predicted molar refractivity (Wildman–Crippen MR) is 72.7 cm³/mol. The SMILES string of the molecule is C[C@H](O)CC(=C=CC[C@@H](O)c1cccc(O)c1)CO. The molecule has 2 atom stereocenters. The summed E-state index contributed by atoms with van der Waals surface area (Å²) in [6.45, 7) is 1.47. The molecule has 4 nitrogen and oxygen atoms in total. The molecule has 0 unspecified atom stereocenters. The van der Waals surface area contributed by atoms with Crippen molar-refractivity contribution in [1.29, 1.82) is 0 Å². The van der Waals surface area contributed by atoms with Crippen LogP contribution in [0.5, 0.6) is 5.75 Å². The van der Waals surface area contributed by atoms with Gasteiger partial charge in [0.1, 0.15) is 5.75 Å². The quantitative estimate of drug-likeness (QED) is 0.589. The maximum absolute atomic E-state index is 9.91. The summed E-state index contributed by atoms with van der Waals surface area (Å²) in [6.07, 6.45) is 1.05. The zero-order chi connectivity index (χ0) is 14.3. The van der Waals surface area contributed by atoms with Crippen molar-refractivity contribution in [3.63, 3.8) is 0 Å². The lowest BCUT2D eigenvalue weighted by Gasteiger charge is -2.08. The molecule has 0 heterocycles. The highest BCUT2D eigenvalue weighted by Gasteiger charge is 2.06. The average Bonchev–Trinajstić information content (AvgIpc) is 2.36. The minimum absolute atomic E-state index is 0.112. The van der Waals surface area contributed by atoms with E-state index in [2.05, 4.69) is 5.73 Å². The number of phenols is 1. The second-order valence-corrected chi connectivity index (χ2v) is 4.51. The highest BCUT2D eigenvalue weighted by molar-refractivity contribution is 5.28. The summed E-state index contributed by atoms with van der Waals surface area (Å²) in [4.78, 5) is 0. The van der Waals surface area contributed by atoms with Gasteiger partial charge in [-0.1, -0.05) is 12.1 Å². The first-order chi connectivity index (χ1) is 9.02. The van der Waals surface area contributed by atoms with Crippen molar-refractivity contribution < 1.29 is 20.4 Å². The third kappa shape index (κ3) is 5.73. The van der Waals surface area contributed by atoms with E-state index in [4.69, 9.17) is 5.11 Å². The van der Waals surface area contributed by atoms with Gasteiger partial charge >= 0.3 is 0 Å². The Balaban J connectivity index is 2.66. The second kappa shape index (κ2) is 7.77. The third-order valence-corrected chi connectivity index (χ3v) is 2.63. The van der Waals surface area contributed by atoms with Crippen molar-refractivity contribution in [3.8, 4) is 5.75 Å². The van der Waals surface area contributed by atoms with Crippen LogP contribution in [-0.2, 0) is 0 Å². The van der Waals surface area contributed by atoms with Crippen LogP contribution in [0.25, 0.3) is 0 Å². The summed E-state index contributed by atoms with van der Waals surface area (Å²) in [5, 5.41) is 37.5. The van der Waals surface area contributed by atoms with E-state index in [0.717, 1.165) is 0 Å². The van der Waals surface area contributed by atoms with Gasteiger partial charge in [-0.15, -0.1) is 5.73 Å². The maximum Gasteiger partial charge on any atom is 0.115 e. The number of hydrogen-bond acceptors (Lipinski definition) is 4. The number of phenolic OH excluding ortho intramolecular Hbond substituents is 1. The Morgan fingerprint density at radius 3 is 2.68 bits per heavy atom. The van der Waals surface area contributed by atoms with Crippen LogP contribution in [-0.4, -0.2) is 33.1 Å². The van der Waals surface area contributed by atoms with E-state index < -0.39 is 12.2 Å². The molecule has 0 spiro atoms. The zero-order valence-electron chi connectivity index (χ0n) is 11.0. The van der Waals surface area contributed by atoms with Crippen LogP contribution in [0.1, 0.15) is 31.4 Å². The fourth-order valence-electron chi connectivity index (χ4n) is 1.71. The van der Waals surface area contributed by atoms with Gasteiger partial charge in [-0.05, 0) is 36.3 Å². The first-order valence-electron chi connectivity index (χ1n) is 6.21. The zero-order valence-corrected chi connectivity index (χ0v) is 11.0. The smallest absolute Gasteiger partial charge is 0.115 e. The molecular formula is C15H20O4. The highest BCUT2D eigenvalue weighted by Crippen LogP contribution is 2.20. The van der Waals surface area contributed by atoms with Crippen molar-refractivity contribution in [2.45, 2.75) is 32.0 Å². The summed E-state index contributed by atoms with van der Waals surface area (Å²) in [6, 6.07) is 6.44. The van der Waals surface area contributed by atoms with E-state index in [-0.39, 0.29) is 12.4 Å². The molecule has 0 aliphatic carbocycles. The van der Waals surface area contributed by atoms with Gasteiger partial charge in [-0.25, -0.2) is 0 Å².